The number of likely N-dealkylation sites (tertiary alicyclic amines) is 1. The van der Waals surface area contributed by atoms with Crippen LogP contribution in [0.25, 0.3) is 0 Å². The van der Waals surface area contributed by atoms with E-state index in [2.05, 4.69) is 4.90 Å². The van der Waals surface area contributed by atoms with E-state index in [1.807, 2.05) is 19.9 Å². The second-order valence-electron chi connectivity index (χ2n) is 9.67. The van der Waals surface area contributed by atoms with Crippen molar-refractivity contribution in [2.75, 3.05) is 19.6 Å². The van der Waals surface area contributed by atoms with E-state index in [1.165, 1.54) is 22.5 Å². The van der Waals surface area contributed by atoms with Gasteiger partial charge < -0.3 is 9.84 Å². The summed E-state index contributed by atoms with van der Waals surface area (Å²) in [7, 11) is -3.93. The number of hydrogen-bond donors (Lipinski definition) is 1. The summed E-state index contributed by atoms with van der Waals surface area (Å²) in [6.07, 6.45) is 3.31. The Morgan fingerprint density at radius 1 is 1.06 bits per heavy atom. The van der Waals surface area contributed by atoms with Crippen LogP contribution in [0.5, 0.6) is 11.5 Å². The first kappa shape index (κ1) is 26.2. The Bertz CT molecular complexity index is 1210. The van der Waals surface area contributed by atoms with Crippen LogP contribution in [0.2, 0.25) is 10.0 Å². The van der Waals surface area contributed by atoms with Crippen LogP contribution < -0.4 is 4.74 Å². The molecule has 0 amide bonds. The van der Waals surface area contributed by atoms with Gasteiger partial charge in [-0.2, -0.15) is 9.57 Å². The van der Waals surface area contributed by atoms with Gasteiger partial charge in [-0.25, -0.2) is 8.42 Å². The molecule has 0 unspecified atom stereocenters. The SMILES string of the molecule is CC(C)(O)[C@@H]1CCCN1C1CCN(S(=O)(=O)c2cc(C#N)ccc2Oc2cc(Cl)cc(Cl)c2)CC1. The molecule has 188 valence electrons. The quantitative estimate of drug-likeness (QED) is 0.554. The fourth-order valence-electron chi connectivity index (χ4n) is 5.12. The zero-order chi connectivity index (χ0) is 25.4. The minimum absolute atomic E-state index is 0.0679. The number of ether oxygens (including phenoxy) is 1. The van der Waals surface area contributed by atoms with E-state index < -0.39 is 15.6 Å². The van der Waals surface area contributed by atoms with E-state index in [-0.39, 0.29) is 28.3 Å². The summed E-state index contributed by atoms with van der Waals surface area (Å²) in [5.74, 6) is 0.403. The molecule has 1 atom stereocenters. The number of hydrogen-bond acceptors (Lipinski definition) is 6. The molecule has 0 radical (unpaired) electrons. The third-order valence-electron chi connectivity index (χ3n) is 6.76. The topological polar surface area (TPSA) is 93.9 Å². The summed E-state index contributed by atoms with van der Waals surface area (Å²) in [6.45, 7) is 5.29. The van der Waals surface area contributed by atoms with Crippen LogP contribution in [-0.2, 0) is 10.0 Å². The zero-order valence-electron chi connectivity index (χ0n) is 19.7. The van der Waals surface area contributed by atoms with Gasteiger partial charge in [0.25, 0.3) is 0 Å². The second-order valence-corrected chi connectivity index (χ2v) is 12.4. The Kier molecular flexibility index (Phi) is 7.68. The number of rotatable bonds is 6. The maximum absolute atomic E-state index is 13.7. The molecule has 4 rings (SSSR count). The molecule has 35 heavy (non-hydrogen) atoms. The lowest BCUT2D eigenvalue weighted by atomic mass is 9.94. The molecule has 2 saturated heterocycles. The molecule has 2 aromatic carbocycles. The lowest BCUT2D eigenvalue weighted by Gasteiger charge is -2.42. The average molecular weight is 538 g/mol. The lowest BCUT2D eigenvalue weighted by molar-refractivity contribution is -0.0239. The summed E-state index contributed by atoms with van der Waals surface area (Å²) in [6, 6.07) is 11.3. The van der Waals surface area contributed by atoms with Gasteiger partial charge in [0.05, 0.1) is 17.2 Å². The van der Waals surface area contributed by atoms with E-state index in [4.69, 9.17) is 27.9 Å². The molecule has 2 fully saturated rings. The molecule has 0 bridgehead atoms. The van der Waals surface area contributed by atoms with Crippen LogP contribution in [0.3, 0.4) is 0 Å². The summed E-state index contributed by atoms with van der Waals surface area (Å²) >= 11 is 12.1. The number of benzene rings is 2. The number of sulfonamides is 1. The van der Waals surface area contributed by atoms with Gasteiger partial charge in [0.1, 0.15) is 16.4 Å². The van der Waals surface area contributed by atoms with Crippen molar-refractivity contribution in [1.82, 2.24) is 9.21 Å². The number of aliphatic hydroxyl groups is 1. The minimum atomic E-state index is -3.93. The Hall–Kier alpha value is -1.86. The largest absolute Gasteiger partial charge is 0.456 e. The number of piperidine rings is 1. The first-order valence-corrected chi connectivity index (χ1v) is 13.8. The normalized spacial score (nSPS) is 20.6. The zero-order valence-corrected chi connectivity index (χ0v) is 22.1. The van der Waals surface area contributed by atoms with Crippen molar-refractivity contribution < 1.29 is 18.3 Å². The summed E-state index contributed by atoms with van der Waals surface area (Å²) < 4.78 is 34.7. The monoisotopic (exact) mass is 537 g/mol. The van der Waals surface area contributed by atoms with E-state index in [1.54, 1.807) is 18.2 Å². The van der Waals surface area contributed by atoms with E-state index >= 15 is 0 Å². The van der Waals surface area contributed by atoms with Gasteiger partial charge in [-0.05, 0) is 82.5 Å². The highest BCUT2D eigenvalue weighted by Crippen LogP contribution is 2.36. The smallest absolute Gasteiger partial charge is 0.246 e. The Morgan fingerprint density at radius 3 is 2.31 bits per heavy atom. The molecule has 2 aliphatic heterocycles. The fourth-order valence-corrected chi connectivity index (χ4v) is 7.23. The molecule has 0 spiro atoms. The van der Waals surface area contributed by atoms with Crippen LogP contribution in [0, 0.1) is 11.3 Å². The summed E-state index contributed by atoms with van der Waals surface area (Å²) in [5, 5.41) is 20.7. The predicted molar refractivity (Wildman–Crippen MR) is 135 cm³/mol. The Morgan fingerprint density at radius 2 is 1.71 bits per heavy atom. The van der Waals surface area contributed by atoms with Crippen LogP contribution >= 0.6 is 23.2 Å². The predicted octanol–water partition coefficient (Wildman–Crippen LogP) is 5.05. The van der Waals surface area contributed by atoms with Crippen LogP contribution in [0.4, 0.5) is 0 Å². The van der Waals surface area contributed by atoms with Gasteiger partial charge in [-0.3, -0.25) is 4.90 Å². The van der Waals surface area contributed by atoms with Crippen LogP contribution in [0.15, 0.2) is 41.3 Å². The van der Waals surface area contributed by atoms with Gasteiger partial charge in [0.15, 0.2) is 0 Å². The molecule has 1 N–H and O–H groups in total. The Balaban J connectivity index is 1.56. The maximum Gasteiger partial charge on any atom is 0.246 e. The molecule has 0 aromatic heterocycles. The third kappa shape index (κ3) is 5.77. The highest BCUT2D eigenvalue weighted by atomic mass is 35.5. The average Bonchev–Trinajstić information content (AvgIpc) is 3.29. The molecule has 2 aliphatic rings. The molecule has 0 aliphatic carbocycles. The van der Waals surface area contributed by atoms with Crippen LogP contribution in [0.1, 0.15) is 45.1 Å². The molecule has 7 nitrogen and oxygen atoms in total. The third-order valence-corrected chi connectivity index (χ3v) is 9.11. The molecule has 0 saturated carbocycles. The standard InChI is InChI=1S/C25H29Cl2N3O4S/c1-25(2,31)24-4-3-9-30(24)20-7-10-29(11-8-20)35(32,33)23-12-17(16-28)5-6-22(23)34-21-14-18(26)13-19(27)15-21/h5-6,12-15,20,24,31H,3-4,7-11H2,1-2H3/t24-/m0/s1. The number of halogens is 2. The first-order chi connectivity index (χ1) is 16.5. The van der Waals surface area contributed by atoms with Gasteiger partial charge >= 0.3 is 0 Å². The second kappa shape index (κ2) is 10.3. The van der Waals surface area contributed by atoms with Crippen molar-refractivity contribution in [1.29, 1.82) is 5.26 Å². The first-order valence-electron chi connectivity index (χ1n) is 11.7. The summed E-state index contributed by atoms with van der Waals surface area (Å²) in [4.78, 5) is 2.28. The number of nitriles is 1. The van der Waals surface area contributed by atoms with Crippen molar-refractivity contribution in [2.45, 2.75) is 62.1 Å². The summed E-state index contributed by atoms with van der Waals surface area (Å²) in [5.41, 5.74) is -0.576. The molecule has 10 heteroatoms. The van der Waals surface area contributed by atoms with Crippen molar-refractivity contribution in [3.8, 4) is 17.6 Å². The molecular formula is C25H29Cl2N3O4S. The lowest BCUT2D eigenvalue weighted by Crippen LogP contribution is -2.53. The Labute approximate surface area is 216 Å². The van der Waals surface area contributed by atoms with Crippen molar-refractivity contribution in [3.05, 3.63) is 52.0 Å². The van der Waals surface area contributed by atoms with Gasteiger partial charge in [0.2, 0.25) is 10.0 Å². The molecular weight excluding hydrogens is 509 g/mol. The van der Waals surface area contributed by atoms with Crippen LogP contribution in [-0.4, -0.2) is 60.0 Å². The van der Waals surface area contributed by atoms with Crippen molar-refractivity contribution in [3.63, 3.8) is 0 Å². The highest BCUT2D eigenvalue weighted by Gasteiger charge is 2.41. The van der Waals surface area contributed by atoms with Gasteiger partial charge in [-0.15, -0.1) is 0 Å². The van der Waals surface area contributed by atoms with Crippen molar-refractivity contribution in [2.24, 2.45) is 0 Å². The van der Waals surface area contributed by atoms with Crippen molar-refractivity contribution >= 4 is 33.2 Å². The highest BCUT2D eigenvalue weighted by molar-refractivity contribution is 7.89. The van der Waals surface area contributed by atoms with E-state index in [0.717, 1.165) is 19.4 Å². The maximum atomic E-state index is 13.7. The fraction of sp³-hybridized carbons (Fsp3) is 0.480. The van der Waals surface area contributed by atoms with Gasteiger partial charge in [0, 0.05) is 35.2 Å². The molecule has 2 heterocycles. The number of nitrogens with zero attached hydrogens (tertiary/aromatic N) is 3. The van der Waals surface area contributed by atoms with Gasteiger partial charge in [-0.1, -0.05) is 23.2 Å². The molecule has 2 aromatic rings. The van der Waals surface area contributed by atoms with E-state index in [0.29, 0.717) is 41.7 Å². The minimum Gasteiger partial charge on any atom is -0.456 e. The van der Waals surface area contributed by atoms with E-state index in [9.17, 15) is 18.8 Å².